The molecule has 90 valence electrons. The average Bonchev–Trinajstić information content (AvgIpc) is 2.35. The summed E-state index contributed by atoms with van der Waals surface area (Å²) in [5.74, 6) is -0.875. The molecule has 0 aliphatic heterocycles. The summed E-state index contributed by atoms with van der Waals surface area (Å²) < 4.78 is 30.2. The number of methoxy groups -OCH3 is 1. The van der Waals surface area contributed by atoms with E-state index >= 15 is 0 Å². The quantitative estimate of drug-likeness (QED) is 0.636. The standard InChI is InChI=1S/C11H8BrF2NO2/c1-17-11(16)8-3-6(5-15)2-7(4-12)9(8)10(13)14/h2-3,10H,4H2,1H3. The largest absolute Gasteiger partial charge is 0.465 e. The molecule has 17 heavy (non-hydrogen) atoms. The molecular formula is C11H8BrF2NO2. The Kier molecular flexibility index (Phi) is 4.58. The third-order valence-electron chi connectivity index (χ3n) is 2.16. The van der Waals surface area contributed by atoms with Crippen molar-refractivity contribution in [3.05, 3.63) is 34.4 Å². The van der Waals surface area contributed by atoms with Gasteiger partial charge in [0.1, 0.15) is 0 Å². The van der Waals surface area contributed by atoms with E-state index in [1.165, 1.54) is 6.07 Å². The predicted molar refractivity (Wildman–Crippen MR) is 60.1 cm³/mol. The van der Waals surface area contributed by atoms with E-state index in [1.54, 1.807) is 0 Å². The zero-order valence-corrected chi connectivity index (χ0v) is 10.4. The molecule has 3 nitrogen and oxygen atoms in total. The van der Waals surface area contributed by atoms with Gasteiger partial charge in [-0.2, -0.15) is 5.26 Å². The second kappa shape index (κ2) is 5.73. The van der Waals surface area contributed by atoms with E-state index in [0.717, 1.165) is 13.2 Å². The van der Waals surface area contributed by atoms with Crippen LogP contribution in [0.5, 0.6) is 0 Å². The van der Waals surface area contributed by atoms with E-state index < -0.39 is 18.0 Å². The van der Waals surface area contributed by atoms with Gasteiger partial charge in [-0.1, -0.05) is 15.9 Å². The minimum Gasteiger partial charge on any atom is -0.465 e. The molecule has 0 radical (unpaired) electrons. The molecule has 1 rings (SSSR count). The molecular weight excluding hydrogens is 296 g/mol. The van der Waals surface area contributed by atoms with Crippen LogP contribution in [0.25, 0.3) is 0 Å². The Morgan fingerprint density at radius 3 is 2.65 bits per heavy atom. The molecule has 1 aromatic rings. The number of rotatable bonds is 3. The first-order chi connectivity index (χ1) is 8.04. The summed E-state index contributed by atoms with van der Waals surface area (Å²) in [6, 6.07) is 4.25. The Bertz CT molecular complexity index is 483. The number of carbonyl (C=O) groups excluding carboxylic acids is 1. The van der Waals surface area contributed by atoms with Gasteiger partial charge in [0.05, 0.1) is 24.3 Å². The van der Waals surface area contributed by atoms with Crippen molar-refractivity contribution in [2.24, 2.45) is 0 Å². The van der Waals surface area contributed by atoms with Gasteiger partial charge in [0, 0.05) is 10.9 Å². The normalized spacial score (nSPS) is 10.1. The van der Waals surface area contributed by atoms with Gasteiger partial charge >= 0.3 is 5.97 Å². The van der Waals surface area contributed by atoms with Crippen LogP contribution in [0, 0.1) is 11.3 Å². The van der Waals surface area contributed by atoms with Crippen LogP contribution >= 0.6 is 15.9 Å². The molecule has 0 aliphatic carbocycles. The maximum atomic E-state index is 12.9. The molecule has 6 heteroatoms. The van der Waals surface area contributed by atoms with Crippen LogP contribution in [-0.2, 0) is 10.1 Å². The summed E-state index contributed by atoms with van der Waals surface area (Å²) in [5, 5.41) is 8.89. The molecule has 0 spiro atoms. The van der Waals surface area contributed by atoms with Gasteiger partial charge in [0.25, 0.3) is 6.43 Å². The highest BCUT2D eigenvalue weighted by Crippen LogP contribution is 2.30. The first kappa shape index (κ1) is 13.6. The van der Waals surface area contributed by atoms with E-state index in [9.17, 15) is 13.6 Å². The number of esters is 1. The number of alkyl halides is 3. The molecule has 0 fully saturated rings. The summed E-state index contributed by atoms with van der Waals surface area (Å²) in [4.78, 5) is 11.4. The first-order valence-corrected chi connectivity index (χ1v) is 5.66. The fourth-order valence-electron chi connectivity index (χ4n) is 1.42. The van der Waals surface area contributed by atoms with Crippen molar-refractivity contribution < 1.29 is 18.3 Å². The molecule has 0 atom stereocenters. The van der Waals surface area contributed by atoms with Crippen LogP contribution in [-0.4, -0.2) is 13.1 Å². The molecule has 0 heterocycles. The summed E-state index contributed by atoms with van der Waals surface area (Å²) >= 11 is 3.05. The third kappa shape index (κ3) is 2.80. The van der Waals surface area contributed by atoms with Crippen LogP contribution in [0.3, 0.4) is 0 Å². The number of nitriles is 1. The van der Waals surface area contributed by atoms with Gasteiger partial charge in [-0.15, -0.1) is 0 Å². The molecule has 0 aliphatic rings. The number of benzene rings is 1. The zero-order valence-electron chi connectivity index (χ0n) is 8.84. The van der Waals surface area contributed by atoms with Crippen molar-refractivity contribution in [1.82, 2.24) is 0 Å². The highest BCUT2D eigenvalue weighted by molar-refractivity contribution is 9.08. The Hall–Kier alpha value is -1.48. The lowest BCUT2D eigenvalue weighted by Gasteiger charge is -2.12. The van der Waals surface area contributed by atoms with Gasteiger partial charge in [0.2, 0.25) is 0 Å². The van der Waals surface area contributed by atoms with E-state index in [1.807, 2.05) is 6.07 Å². The van der Waals surface area contributed by atoms with Crippen molar-refractivity contribution in [3.8, 4) is 6.07 Å². The summed E-state index contributed by atoms with van der Waals surface area (Å²) in [6.07, 6.45) is -2.80. The fraction of sp³-hybridized carbons (Fsp3) is 0.273. The summed E-state index contributed by atoms with van der Waals surface area (Å²) in [7, 11) is 1.10. The molecule has 0 N–H and O–H groups in total. The van der Waals surface area contributed by atoms with Crippen LogP contribution in [0.15, 0.2) is 12.1 Å². The Morgan fingerprint density at radius 2 is 2.24 bits per heavy atom. The number of carbonyl (C=O) groups is 1. The molecule has 0 unspecified atom stereocenters. The van der Waals surface area contributed by atoms with Crippen LogP contribution in [0.2, 0.25) is 0 Å². The third-order valence-corrected chi connectivity index (χ3v) is 2.77. The zero-order chi connectivity index (χ0) is 13.0. The lowest BCUT2D eigenvalue weighted by atomic mass is 9.99. The van der Waals surface area contributed by atoms with Crippen molar-refractivity contribution in [2.45, 2.75) is 11.8 Å². The number of hydrogen-bond donors (Lipinski definition) is 0. The SMILES string of the molecule is COC(=O)c1cc(C#N)cc(CBr)c1C(F)F. The summed E-state index contributed by atoms with van der Waals surface area (Å²) in [5.41, 5.74) is -0.313. The van der Waals surface area contributed by atoms with Gasteiger partial charge in [0.15, 0.2) is 0 Å². The number of ether oxygens (including phenoxy) is 1. The molecule has 1 aromatic carbocycles. The van der Waals surface area contributed by atoms with E-state index in [0.29, 0.717) is 0 Å². The van der Waals surface area contributed by atoms with Crippen molar-refractivity contribution >= 4 is 21.9 Å². The van der Waals surface area contributed by atoms with Gasteiger partial charge < -0.3 is 4.74 Å². The van der Waals surface area contributed by atoms with Crippen molar-refractivity contribution in [1.29, 1.82) is 5.26 Å². The summed E-state index contributed by atoms with van der Waals surface area (Å²) in [6.45, 7) is 0. The first-order valence-electron chi connectivity index (χ1n) is 4.54. The maximum absolute atomic E-state index is 12.9. The monoisotopic (exact) mass is 303 g/mol. The molecule has 0 aromatic heterocycles. The molecule has 0 bridgehead atoms. The van der Waals surface area contributed by atoms with Crippen molar-refractivity contribution in [2.75, 3.05) is 7.11 Å². The Labute approximate surface area is 105 Å². The topological polar surface area (TPSA) is 50.1 Å². The molecule has 0 amide bonds. The highest BCUT2D eigenvalue weighted by atomic mass is 79.9. The Morgan fingerprint density at radius 1 is 1.59 bits per heavy atom. The fourth-order valence-corrected chi connectivity index (χ4v) is 1.89. The second-order valence-corrected chi connectivity index (χ2v) is 3.70. The number of halogens is 3. The number of nitrogens with zero attached hydrogens (tertiary/aromatic N) is 1. The van der Waals surface area contributed by atoms with E-state index in [2.05, 4.69) is 20.7 Å². The van der Waals surface area contributed by atoms with E-state index in [-0.39, 0.29) is 22.0 Å². The minimum absolute atomic E-state index is 0.131. The lowest BCUT2D eigenvalue weighted by molar-refractivity contribution is 0.0589. The molecule has 0 saturated heterocycles. The minimum atomic E-state index is -2.80. The predicted octanol–water partition coefficient (Wildman–Crippen LogP) is 3.18. The van der Waals surface area contributed by atoms with Gasteiger partial charge in [-0.25, -0.2) is 13.6 Å². The smallest absolute Gasteiger partial charge is 0.338 e. The highest BCUT2D eigenvalue weighted by Gasteiger charge is 2.23. The van der Waals surface area contributed by atoms with Crippen LogP contribution < -0.4 is 0 Å². The van der Waals surface area contributed by atoms with E-state index in [4.69, 9.17) is 5.26 Å². The van der Waals surface area contributed by atoms with Crippen LogP contribution in [0.4, 0.5) is 8.78 Å². The van der Waals surface area contributed by atoms with Crippen LogP contribution in [0.1, 0.15) is 33.5 Å². The average molecular weight is 304 g/mol. The van der Waals surface area contributed by atoms with Crippen molar-refractivity contribution in [3.63, 3.8) is 0 Å². The molecule has 0 saturated carbocycles. The Balaban J connectivity index is 3.53. The maximum Gasteiger partial charge on any atom is 0.338 e. The van der Waals surface area contributed by atoms with Gasteiger partial charge in [-0.3, -0.25) is 0 Å². The second-order valence-electron chi connectivity index (χ2n) is 3.13. The van der Waals surface area contributed by atoms with Gasteiger partial charge in [-0.05, 0) is 17.7 Å². The lowest BCUT2D eigenvalue weighted by Crippen LogP contribution is -2.09. The number of hydrogen-bond acceptors (Lipinski definition) is 3.